The van der Waals surface area contributed by atoms with Crippen LogP contribution in [-0.4, -0.2) is 61.5 Å². The van der Waals surface area contributed by atoms with Crippen LogP contribution < -0.4 is 0 Å². The lowest BCUT2D eigenvalue weighted by atomic mass is 9.91. The second kappa shape index (κ2) is 8.51. The van der Waals surface area contributed by atoms with E-state index >= 15 is 0 Å². The molecule has 0 N–H and O–H groups in total. The van der Waals surface area contributed by atoms with Crippen molar-refractivity contribution >= 4 is 11.8 Å². The summed E-state index contributed by atoms with van der Waals surface area (Å²) >= 11 is 0. The van der Waals surface area contributed by atoms with Crippen LogP contribution in [0, 0.1) is 11.8 Å². The summed E-state index contributed by atoms with van der Waals surface area (Å²) in [7, 11) is 1.75. The lowest BCUT2D eigenvalue weighted by Gasteiger charge is -2.35. The van der Waals surface area contributed by atoms with Crippen molar-refractivity contribution in [2.45, 2.75) is 45.4 Å². The third kappa shape index (κ3) is 4.97. The fraction of sp³-hybridized carbons (Fsp3) is 0.882. The minimum atomic E-state index is 0.155. The summed E-state index contributed by atoms with van der Waals surface area (Å²) in [5.41, 5.74) is 0. The average Bonchev–Trinajstić information content (AvgIpc) is 2.54. The molecule has 0 unspecified atom stereocenters. The van der Waals surface area contributed by atoms with E-state index in [0.29, 0.717) is 24.2 Å². The van der Waals surface area contributed by atoms with Gasteiger partial charge in [0.05, 0.1) is 0 Å². The topological polar surface area (TPSA) is 49.9 Å². The Morgan fingerprint density at radius 3 is 2.05 bits per heavy atom. The van der Waals surface area contributed by atoms with E-state index < -0.39 is 0 Å². The first-order chi connectivity index (χ1) is 10.6. The molecule has 0 aromatic rings. The third-order valence-corrected chi connectivity index (χ3v) is 5.22. The molecule has 5 heteroatoms. The molecule has 2 saturated heterocycles. The van der Waals surface area contributed by atoms with Crippen molar-refractivity contribution in [3.63, 3.8) is 0 Å². The fourth-order valence-electron chi connectivity index (χ4n) is 3.58. The number of carbonyl (C=O) groups is 2. The summed E-state index contributed by atoms with van der Waals surface area (Å²) in [6.45, 7) is 5.88. The first kappa shape index (κ1) is 17.3. The molecular formula is C17H30N2O3. The van der Waals surface area contributed by atoms with E-state index in [-0.39, 0.29) is 5.91 Å². The molecule has 0 aromatic heterocycles. The van der Waals surface area contributed by atoms with Gasteiger partial charge in [-0.25, -0.2) is 0 Å². The molecule has 22 heavy (non-hydrogen) atoms. The zero-order chi connectivity index (χ0) is 15.9. The predicted octanol–water partition coefficient (Wildman–Crippen LogP) is 1.91. The van der Waals surface area contributed by atoms with Crippen LogP contribution >= 0.6 is 0 Å². The normalized spacial score (nSPS) is 21.2. The Kier molecular flexibility index (Phi) is 6.68. The Bertz CT molecular complexity index is 370. The van der Waals surface area contributed by atoms with Gasteiger partial charge in [-0.05, 0) is 43.9 Å². The Morgan fingerprint density at radius 2 is 1.50 bits per heavy atom. The Hall–Kier alpha value is -1.10. The van der Waals surface area contributed by atoms with E-state index in [9.17, 15) is 9.59 Å². The number of ether oxygens (including phenoxy) is 1. The lowest BCUT2D eigenvalue weighted by Crippen LogP contribution is -2.41. The van der Waals surface area contributed by atoms with Gasteiger partial charge in [-0.15, -0.1) is 0 Å². The quantitative estimate of drug-likeness (QED) is 0.779. The molecule has 2 rings (SSSR count). The molecule has 2 aliphatic rings. The summed E-state index contributed by atoms with van der Waals surface area (Å²) in [6.07, 6.45) is 5.93. The lowest BCUT2D eigenvalue weighted by molar-refractivity contribution is -0.134. The minimum Gasteiger partial charge on any atom is -0.385 e. The van der Waals surface area contributed by atoms with E-state index in [0.717, 1.165) is 64.9 Å². The van der Waals surface area contributed by atoms with Crippen molar-refractivity contribution < 1.29 is 14.3 Å². The molecule has 2 amide bonds. The van der Waals surface area contributed by atoms with Crippen LogP contribution in [0.25, 0.3) is 0 Å². The van der Waals surface area contributed by atoms with Crippen LogP contribution in [-0.2, 0) is 14.3 Å². The number of piperidine rings is 2. The van der Waals surface area contributed by atoms with Crippen LogP contribution in [0.3, 0.4) is 0 Å². The molecular weight excluding hydrogens is 280 g/mol. The number of hydrogen-bond donors (Lipinski definition) is 0. The van der Waals surface area contributed by atoms with Crippen LogP contribution in [0.4, 0.5) is 0 Å². The molecule has 2 heterocycles. The number of likely N-dealkylation sites (tertiary alicyclic amines) is 2. The zero-order valence-electron chi connectivity index (χ0n) is 14.1. The summed E-state index contributed by atoms with van der Waals surface area (Å²) in [5, 5.41) is 0. The molecule has 2 fully saturated rings. The fourth-order valence-corrected chi connectivity index (χ4v) is 3.58. The van der Waals surface area contributed by atoms with Gasteiger partial charge in [0.25, 0.3) is 0 Å². The van der Waals surface area contributed by atoms with Gasteiger partial charge in [-0.3, -0.25) is 9.59 Å². The molecule has 0 spiro atoms. The van der Waals surface area contributed by atoms with Gasteiger partial charge in [0.2, 0.25) is 11.8 Å². The van der Waals surface area contributed by atoms with E-state index in [2.05, 4.69) is 0 Å². The number of hydrogen-bond acceptors (Lipinski definition) is 3. The van der Waals surface area contributed by atoms with Gasteiger partial charge in [0.15, 0.2) is 0 Å². The van der Waals surface area contributed by atoms with Crippen molar-refractivity contribution in [1.29, 1.82) is 0 Å². The maximum absolute atomic E-state index is 12.4. The van der Waals surface area contributed by atoms with Gasteiger partial charge in [-0.2, -0.15) is 0 Å². The second-order valence-electron chi connectivity index (χ2n) is 6.76. The predicted molar refractivity (Wildman–Crippen MR) is 85.4 cm³/mol. The third-order valence-electron chi connectivity index (χ3n) is 5.22. The number of amides is 2. The smallest absolute Gasteiger partial charge is 0.222 e. The molecule has 126 valence electrons. The molecule has 0 atom stereocenters. The van der Waals surface area contributed by atoms with Crippen molar-refractivity contribution in [2.75, 3.05) is 39.9 Å². The summed E-state index contributed by atoms with van der Waals surface area (Å²) in [5.74, 6) is 1.63. The molecule has 0 saturated carbocycles. The number of methoxy groups -OCH3 is 1. The van der Waals surface area contributed by atoms with Crippen LogP contribution in [0.2, 0.25) is 0 Å². The molecule has 0 aromatic carbocycles. The second-order valence-corrected chi connectivity index (χ2v) is 6.76. The number of rotatable bonds is 5. The highest BCUT2D eigenvalue weighted by Crippen LogP contribution is 2.25. The largest absolute Gasteiger partial charge is 0.385 e. The highest BCUT2D eigenvalue weighted by Gasteiger charge is 2.27. The highest BCUT2D eigenvalue weighted by molar-refractivity contribution is 5.76. The first-order valence-electron chi connectivity index (χ1n) is 8.62. The first-order valence-corrected chi connectivity index (χ1v) is 8.62. The maximum atomic E-state index is 12.4. The Morgan fingerprint density at radius 1 is 0.955 bits per heavy atom. The van der Waals surface area contributed by atoms with E-state index in [1.807, 2.05) is 9.80 Å². The SMILES string of the molecule is COCCC1CCN(C(=O)CC2CCN(C(C)=O)CC2)CC1. The van der Waals surface area contributed by atoms with E-state index in [4.69, 9.17) is 4.74 Å². The van der Waals surface area contributed by atoms with Gasteiger partial charge < -0.3 is 14.5 Å². The van der Waals surface area contributed by atoms with Crippen molar-refractivity contribution in [3.05, 3.63) is 0 Å². The van der Waals surface area contributed by atoms with Crippen molar-refractivity contribution in [3.8, 4) is 0 Å². The van der Waals surface area contributed by atoms with Crippen LogP contribution in [0.15, 0.2) is 0 Å². The van der Waals surface area contributed by atoms with Crippen LogP contribution in [0.5, 0.6) is 0 Å². The van der Waals surface area contributed by atoms with Gasteiger partial charge in [0.1, 0.15) is 0 Å². The monoisotopic (exact) mass is 310 g/mol. The van der Waals surface area contributed by atoms with E-state index in [1.54, 1.807) is 14.0 Å². The number of nitrogens with zero attached hydrogens (tertiary/aromatic N) is 2. The molecule has 0 bridgehead atoms. The Labute approximate surface area is 134 Å². The van der Waals surface area contributed by atoms with Crippen molar-refractivity contribution in [1.82, 2.24) is 9.80 Å². The molecule has 0 aliphatic carbocycles. The maximum Gasteiger partial charge on any atom is 0.222 e. The summed E-state index contributed by atoms with van der Waals surface area (Å²) in [4.78, 5) is 27.7. The molecule has 0 radical (unpaired) electrons. The highest BCUT2D eigenvalue weighted by atomic mass is 16.5. The van der Waals surface area contributed by atoms with Crippen LogP contribution in [0.1, 0.15) is 45.4 Å². The number of carbonyl (C=O) groups excluding carboxylic acids is 2. The van der Waals surface area contributed by atoms with Gasteiger partial charge >= 0.3 is 0 Å². The summed E-state index contributed by atoms with van der Waals surface area (Å²) < 4.78 is 5.14. The summed E-state index contributed by atoms with van der Waals surface area (Å²) in [6, 6.07) is 0. The van der Waals surface area contributed by atoms with E-state index in [1.165, 1.54) is 0 Å². The molecule has 2 aliphatic heterocycles. The van der Waals surface area contributed by atoms with Crippen molar-refractivity contribution in [2.24, 2.45) is 11.8 Å². The van der Waals surface area contributed by atoms with Gasteiger partial charge in [-0.1, -0.05) is 0 Å². The zero-order valence-corrected chi connectivity index (χ0v) is 14.1. The average molecular weight is 310 g/mol. The molecule has 5 nitrogen and oxygen atoms in total. The van der Waals surface area contributed by atoms with Gasteiger partial charge in [0, 0.05) is 53.2 Å². The minimum absolute atomic E-state index is 0.155. The standard InChI is InChI=1S/C17H30N2O3/c1-14(20)18-8-5-16(6-9-18)13-17(21)19-10-3-15(4-11-19)7-12-22-2/h15-16H,3-13H2,1-2H3. The Balaban J connectivity index is 1.67.